The van der Waals surface area contributed by atoms with Gasteiger partial charge in [-0.3, -0.25) is 0 Å². The average Bonchev–Trinajstić information content (AvgIpc) is 2.14. The molecule has 92 valence electrons. The Morgan fingerprint density at radius 3 is 2.27 bits per heavy atom. The lowest BCUT2D eigenvalue weighted by molar-refractivity contribution is -0.870. The van der Waals surface area contributed by atoms with Crippen LogP contribution in [-0.4, -0.2) is 58.3 Å². The van der Waals surface area contributed by atoms with Crippen molar-refractivity contribution in [3.05, 3.63) is 0 Å². The zero-order valence-corrected chi connectivity index (χ0v) is 11.3. The van der Waals surface area contributed by atoms with E-state index in [0.717, 1.165) is 17.6 Å². The second-order valence-electron chi connectivity index (χ2n) is 5.28. The normalized spacial score (nSPS) is 14.2. The summed E-state index contributed by atoms with van der Waals surface area (Å²) in [5, 5.41) is 6.78. The molecule has 0 rings (SSSR count). The van der Waals surface area contributed by atoms with Crippen LogP contribution in [-0.2, 0) is 0 Å². The van der Waals surface area contributed by atoms with Crippen LogP contribution >= 0.6 is 0 Å². The van der Waals surface area contributed by atoms with Gasteiger partial charge in [0.15, 0.2) is 0 Å². The summed E-state index contributed by atoms with van der Waals surface area (Å²) < 4.78 is 1.07. The van der Waals surface area contributed by atoms with Crippen molar-refractivity contribution in [2.75, 3.05) is 47.8 Å². The fourth-order valence-electron chi connectivity index (χ4n) is 1.70. The molecule has 15 heavy (non-hydrogen) atoms. The molecule has 0 aromatic carbocycles. The Hall–Kier alpha value is -0.120. The van der Waals surface area contributed by atoms with E-state index in [1.165, 1.54) is 25.8 Å². The lowest BCUT2D eigenvalue weighted by atomic mass is 10.1. The van der Waals surface area contributed by atoms with E-state index < -0.39 is 0 Å². The molecule has 0 aliphatic heterocycles. The minimum absolute atomic E-state index is 0.676. The molecule has 0 bridgehead atoms. The summed E-state index contributed by atoms with van der Waals surface area (Å²) in [5.41, 5.74) is 0. The van der Waals surface area contributed by atoms with Crippen LogP contribution in [0.15, 0.2) is 0 Å². The first-order valence-electron chi connectivity index (χ1n) is 6.18. The van der Waals surface area contributed by atoms with Crippen LogP contribution in [0.1, 0.15) is 26.2 Å². The summed E-state index contributed by atoms with van der Waals surface area (Å²) in [4.78, 5) is 0. The highest BCUT2D eigenvalue weighted by Crippen LogP contribution is 2.04. The second-order valence-corrected chi connectivity index (χ2v) is 5.28. The first-order valence-corrected chi connectivity index (χ1v) is 6.18. The smallest absolute Gasteiger partial charge is 0.0781 e. The quantitative estimate of drug-likeness (QED) is 0.445. The number of nitrogens with one attached hydrogen (secondary N) is 2. The van der Waals surface area contributed by atoms with Gasteiger partial charge in [-0.15, -0.1) is 0 Å². The predicted octanol–water partition coefficient (Wildman–Crippen LogP) is 1.06. The highest BCUT2D eigenvalue weighted by atomic mass is 15.3. The molecule has 0 fully saturated rings. The lowest BCUT2D eigenvalue weighted by Gasteiger charge is -2.25. The second kappa shape index (κ2) is 8.08. The van der Waals surface area contributed by atoms with Gasteiger partial charge in [0.05, 0.1) is 27.7 Å². The molecule has 0 aromatic heterocycles. The number of rotatable bonds is 9. The van der Waals surface area contributed by atoms with Crippen LogP contribution in [0.5, 0.6) is 0 Å². The summed E-state index contributed by atoms with van der Waals surface area (Å²) >= 11 is 0. The average molecular weight is 216 g/mol. The molecule has 0 aliphatic carbocycles. The van der Waals surface area contributed by atoms with Crippen LogP contribution < -0.4 is 10.6 Å². The Labute approximate surface area is 95.8 Å². The molecule has 0 aliphatic rings. The van der Waals surface area contributed by atoms with Crippen molar-refractivity contribution in [3.8, 4) is 0 Å². The third-order valence-corrected chi connectivity index (χ3v) is 2.71. The molecule has 0 saturated heterocycles. The molecule has 0 radical (unpaired) electrons. The Morgan fingerprint density at radius 1 is 1.13 bits per heavy atom. The van der Waals surface area contributed by atoms with Gasteiger partial charge in [0, 0.05) is 6.04 Å². The number of nitrogens with zero attached hydrogens (tertiary/aromatic N) is 1. The summed E-state index contributed by atoms with van der Waals surface area (Å²) in [5.74, 6) is 0. The SMILES string of the molecule is CCNCCC(CCC[N+](C)(C)C)NC. The summed E-state index contributed by atoms with van der Waals surface area (Å²) in [6, 6.07) is 0.676. The standard InChI is InChI=1S/C12H30N3/c1-6-14-10-9-12(13-2)8-7-11-15(3,4)5/h12-14H,6-11H2,1-5H3/q+1. The van der Waals surface area contributed by atoms with Gasteiger partial charge in [-0.25, -0.2) is 0 Å². The Balaban J connectivity index is 3.52. The maximum Gasteiger partial charge on any atom is 0.0781 e. The topological polar surface area (TPSA) is 24.1 Å². The molecule has 0 saturated carbocycles. The molecule has 0 spiro atoms. The molecule has 3 nitrogen and oxygen atoms in total. The number of quaternary nitrogens is 1. The summed E-state index contributed by atoms with van der Waals surface area (Å²) in [7, 11) is 8.84. The van der Waals surface area contributed by atoms with Crippen LogP contribution in [0.4, 0.5) is 0 Å². The Kier molecular flexibility index (Phi) is 8.02. The Bertz CT molecular complexity index is 140. The molecular formula is C12H30N3+. The third kappa shape index (κ3) is 10.2. The molecular weight excluding hydrogens is 186 g/mol. The van der Waals surface area contributed by atoms with Crippen molar-refractivity contribution < 1.29 is 4.48 Å². The van der Waals surface area contributed by atoms with Gasteiger partial charge < -0.3 is 15.1 Å². The first kappa shape index (κ1) is 14.9. The highest BCUT2D eigenvalue weighted by Gasteiger charge is 2.10. The van der Waals surface area contributed by atoms with E-state index >= 15 is 0 Å². The van der Waals surface area contributed by atoms with Crippen LogP contribution in [0.2, 0.25) is 0 Å². The van der Waals surface area contributed by atoms with E-state index in [1.54, 1.807) is 0 Å². The summed E-state index contributed by atoms with van der Waals surface area (Å²) in [6.45, 7) is 5.63. The van der Waals surface area contributed by atoms with E-state index in [2.05, 4.69) is 45.7 Å². The molecule has 0 aromatic rings. The van der Waals surface area contributed by atoms with Gasteiger partial charge >= 0.3 is 0 Å². The van der Waals surface area contributed by atoms with Crippen LogP contribution in [0.3, 0.4) is 0 Å². The Morgan fingerprint density at radius 2 is 1.80 bits per heavy atom. The van der Waals surface area contributed by atoms with Crippen molar-refractivity contribution in [1.82, 2.24) is 10.6 Å². The predicted molar refractivity (Wildman–Crippen MR) is 68.1 cm³/mol. The minimum Gasteiger partial charge on any atom is -0.331 e. The molecule has 0 amide bonds. The van der Waals surface area contributed by atoms with Gasteiger partial charge in [-0.2, -0.15) is 0 Å². The molecule has 1 unspecified atom stereocenters. The fraction of sp³-hybridized carbons (Fsp3) is 1.00. The maximum atomic E-state index is 3.40. The molecule has 0 heterocycles. The van der Waals surface area contributed by atoms with E-state index in [-0.39, 0.29) is 0 Å². The maximum absolute atomic E-state index is 3.40. The minimum atomic E-state index is 0.676. The van der Waals surface area contributed by atoms with Gasteiger partial charge in [0.25, 0.3) is 0 Å². The van der Waals surface area contributed by atoms with Gasteiger partial charge in [-0.05, 0) is 39.4 Å². The molecule has 3 heteroatoms. The largest absolute Gasteiger partial charge is 0.331 e. The van der Waals surface area contributed by atoms with Crippen LogP contribution in [0.25, 0.3) is 0 Å². The van der Waals surface area contributed by atoms with Crippen molar-refractivity contribution in [3.63, 3.8) is 0 Å². The third-order valence-electron chi connectivity index (χ3n) is 2.71. The number of hydrogen-bond acceptors (Lipinski definition) is 2. The lowest BCUT2D eigenvalue weighted by Crippen LogP contribution is -2.37. The summed E-state index contributed by atoms with van der Waals surface area (Å²) in [6.07, 6.45) is 3.83. The van der Waals surface area contributed by atoms with Crippen molar-refractivity contribution >= 4 is 0 Å². The van der Waals surface area contributed by atoms with E-state index in [4.69, 9.17) is 0 Å². The zero-order chi connectivity index (χ0) is 11.7. The number of hydrogen-bond donors (Lipinski definition) is 2. The zero-order valence-electron chi connectivity index (χ0n) is 11.3. The van der Waals surface area contributed by atoms with Crippen LogP contribution in [0, 0.1) is 0 Å². The van der Waals surface area contributed by atoms with Gasteiger partial charge in [0.2, 0.25) is 0 Å². The van der Waals surface area contributed by atoms with E-state index in [0.29, 0.717) is 6.04 Å². The van der Waals surface area contributed by atoms with Gasteiger partial charge in [0.1, 0.15) is 0 Å². The monoisotopic (exact) mass is 216 g/mol. The highest BCUT2D eigenvalue weighted by molar-refractivity contribution is 4.65. The fourth-order valence-corrected chi connectivity index (χ4v) is 1.70. The first-order chi connectivity index (χ1) is 6.99. The van der Waals surface area contributed by atoms with Crippen molar-refractivity contribution in [1.29, 1.82) is 0 Å². The van der Waals surface area contributed by atoms with Gasteiger partial charge in [-0.1, -0.05) is 6.92 Å². The van der Waals surface area contributed by atoms with Crippen molar-refractivity contribution in [2.24, 2.45) is 0 Å². The molecule has 2 N–H and O–H groups in total. The van der Waals surface area contributed by atoms with Crippen molar-refractivity contribution in [2.45, 2.75) is 32.2 Å². The van der Waals surface area contributed by atoms with E-state index in [9.17, 15) is 0 Å². The van der Waals surface area contributed by atoms with E-state index in [1.807, 2.05) is 0 Å². The molecule has 1 atom stereocenters.